The fraction of sp³-hybridized carbons (Fsp3) is 0.267. The van der Waals surface area contributed by atoms with Crippen LogP contribution in [-0.2, 0) is 24.8 Å². The molecule has 0 radical (unpaired) electrons. The van der Waals surface area contributed by atoms with E-state index in [0.717, 1.165) is 17.0 Å². The monoisotopic (exact) mass is 258 g/mol. The molecule has 0 bridgehead atoms. The Kier molecular flexibility index (Phi) is 4.23. The maximum Gasteiger partial charge on any atom is 0.224 e. The molecule has 1 heterocycles. The summed E-state index contributed by atoms with van der Waals surface area (Å²) >= 11 is 0. The number of carbonyl (C=O) groups is 1. The molecule has 19 heavy (non-hydrogen) atoms. The summed E-state index contributed by atoms with van der Waals surface area (Å²) in [7, 11) is 3.59. The molecule has 4 nitrogen and oxygen atoms in total. The first kappa shape index (κ1) is 13.2. The van der Waals surface area contributed by atoms with Gasteiger partial charge in [-0.2, -0.15) is 0 Å². The number of benzene rings is 1. The van der Waals surface area contributed by atoms with Crippen molar-refractivity contribution in [1.29, 1.82) is 0 Å². The number of nitrogens with zero attached hydrogens (tertiary/aromatic N) is 1. The molecule has 0 fully saturated rings. The number of ether oxygens (including phenoxy) is 1. The van der Waals surface area contributed by atoms with Crippen LogP contribution in [0.25, 0.3) is 0 Å². The van der Waals surface area contributed by atoms with E-state index in [9.17, 15) is 4.79 Å². The van der Waals surface area contributed by atoms with E-state index >= 15 is 0 Å². The van der Waals surface area contributed by atoms with Gasteiger partial charge < -0.3 is 14.6 Å². The smallest absolute Gasteiger partial charge is 0.224 e. The second kappa shape index (κ2) is 6.09. The summed E-state index contributed by atoms with van der Waals surface area (Å²) in [6, 6.07) is 11.5. The lowest BCUT2D eigenvalue weighted by Crippen LogP contribution is -2.25. The maximum atomic E-state index is 11.8. The second-order valence-electron chi connectivity index (χ2n) is 4.41. The van der Waals surface area contributed by atoms with Crippen molar-refractivity contribution in [3.63, 3.8) is 0 Å². The zero-order chi connectivity index (χ0) is 13.7. The summed E-state index contributed by atoms with van der Waals surface area (Å²) in [5, 5.41) is 2.91. The Morgan fingerprint density at radius 1 is 1.26 bits per heavy atom. The molecule has 0 saturated heterocycles. The molecule has 2 aromatic rings. The average Bonchev–Trinajstić information content (AvgIpc) is 2.83. The molecule has 4 heteroatoms. The van der Waals surface area contributed by atoms with Gasteiger partial charge in [-0.1, -0.05) is 12.1 Å². The van der Waals surface area contributed by atoms with Gasteiger partial charge in [0.15, 0.2) is 0 Å². The van der Waals surface area contributed by atoms with Crippen molar-refractivity contribution < 1.29 is 9.53 Å². The van der Waals surface area contributed by atoms with Crippen molar-refractivity contribution >= 4 is 5.91 Å². The zero-order valence-electron chi connectivity index (χ0n) is 11.2. The molecular formula is C15H18N2O2. The van der Waals surface area contributed by atoms with Gasteiger partial charge in [-0.3, -0.25) is 4.79 Å². The minimum absolute atomic E-state index is 0.0198. The molecule has 0 saturated carbocycles. The van der Waals surface area contributed by atoms with Crippen LogP contribution >= 0.6 is 0 Å². The number of carbonyl (C=O) groups excluding carboxylic acids is 1. The second-order valence-corrected chi connectivity index (χ2v) is 4.41. The van der Waals surface area contributed by atoms with Gasteiger partial charge in [0.25, 0.3) is 0 Å². The minimum atomic E-state index is 0.0198. The topological polar surface area (TPSA) is 43.3 Å². The van der Waals surface area contributed by atoms with Gasteiger partial charge in [0.05, 0.1) is 20.1 Å². The number of amides is 1. The highest BCUT2D eigenvalue weighted by atomic mass is 16.5. The number of aromatic nitrogens is 1. The van der Waals surface area contributed by atoms with Gasteiger partial charge in [0, 0.05) is 18.9 Å². The zero-order valence-corrected chi connectivity index (χ0v) is 11.2. The van der Waals surface area contributed by atoms with E-state index in [4.69, 9.17) is 4.74 Å². The summed E-state index contributed by atoms with van der Waals surface area (Å²) in [6.45, 7) is 0.554. The summed E-state index contributed by atoms with van der Waals surface area (Å²) in [4.78, 5) is 11.8. The van der Waals surface area contributed by atoms with Crippen molar-refractivity contribution in [1.82, 2.24) is 9.88 Å². The van der Waals surface area contributed by atoms with E-state index in [1.165, 1.54) is 0 Å². The molecule has 2 rings (SSSR count). The van der Waals surface area contributed by atoms with Gasteiger partial charge in [-0.15, -0.1) is 0 Å². The van der Waals surface area contributed by atoms with Gasteiger partial charge in [0.2, 0.25) is 5.91 Å². The van der Waals surface area contributed by atoms with Crippen molar-refractivity contribution in [2.75, 3.05) is 7.11 Å². The Hall–Kier alpha value is -2.23. The molecule has 1 amide bonds. The lowest BCUT2D eigenvalue weighted by atomic mass is 10.1. The van der Waals surface area contributed by atoms with E-state index in [0.29, 0.717) is 13.0 Å². The van der Waals surface area contributed by atoms with Crippen molar-refractivity contribution in [3.8, 4) is 5.75 Å². The van der Waals surface area contributed by atoms with Crippen LogP contribution in [0.15, 0.2) is 42.6 Å². The molecule has 1 aromatic carbocycles. The van der Waals surface area contributed by atoms with Crippen LogP contribution in [0.3, 0.4) is 0 Å². The molecule has 0 aliphatic heterocycles. The van der Waals surface area contributed by atoms with Gasteiger partial charge in [-0.25, -0.2) is 0 Å². The van der Waals surface area contributed by atoms with Crippen molar-refractivity contribution in [2.45, 2.75) is 13.0 Å². The fourth-order valence-electron chi connectivity index (χ4n) is 1.86. The first-order valence-electron chi connectivity index (χ1n) is 6.19. The third-order valence-corrected chi connectivity index (χ3v) is 3.04. The van der Waals surface area contributed by atoms with Crippen LogP contribution in [0.4, 0.5) is 0 Å². The molecule has 0 aliphatic rings. The molecular weight excluding hydrogens is 240 g/mol. The Labute approximate surface area is 113 Å². The van der Waals surface area contributed by atoms with Gasteiger partial charge >= 0.3 is 0 Å². The quantitative estimate of drug-likeness (QED) is 0.890. The molecule has 0 atom stereocenters. The molecule has 0 unspecified atom stereocenters. The predicted octanol–water partition coefficient (Wildman–Crippen LogP) is 1.89. The van der Waals surface area contributed by atoms with Gasteiger partial charge in [-0.05, 0) is 29.8 Å². The van der Waals surface area contributed by atoms with Crippen LogP contribution < -0.4 is 10.1 Å². The normalized spacial score (nSPS) is 10.2. The number of hydrogen-bond donors (Lipinski definition) is 1. The third-order valence-electron chi connectivity index (χ3n) is 3.04. The minimum Gasteiger partial charge on any atom is -0.497 e. The van der Waals surface area contributed by atoms with E-state index in [2.05, 4.69) is 5.32 Å². The average molecular weight is 258 g/mol. The number of aryl methyl sites for hydroxylation is 1. The molecule has 0 spiro atoms. The van der Waals surface area contributed by atoms with Crippen LogP contribution in [0, 0.1) is 0 Å². The molecule has 100 valence electrons. The Balaban J connectivity index is 1.85. The highest BCUT2D eigenvalue weighted by Crippen LogP contribution is 2.11. The standard InChI is InChI=1S/C15H18N2O2/c1-17-9-3-4-13(17)11-16-15(18)10-12-5-7-14(19-2)8-6-12/h3-9H,10-11H2,1-2H3,(H,16,18). The Morgan fingerprint density at radius 2 is 2.00 bits per heavy atom. The lowest BCUT2D eigenvalue weighted by molar-refractivity contribution is -0.120. The number of nitrogens with one attached hydrogen (secondary N) is 1. The summed E-state index contributed by atoms with van der Waals surface area (Å²) in [6.07, 6.45) is 2.35. The summed E-state index contributed by atoms with van der Waals surface area (Å²) in [5.41, 5.74) is 2.06. The van der Waals surface area contributed by atoms with Crippen molar-refractivity contribution in [3.05, 3.63) is 53.9 Å². The predicted molar refractivity (Wildman–Crippen MR) is 74.0 cm³/mol. The number of methoxy groups -OCH3 is 1. The SMILES string of the molecule is COc1ccc(CC(=O)NCc2cccn2C)cc1. The van der Waals surface area contributed by atoms with Crippen LogP contribution in [-0.4, -0.2) is 17.6 Å². The van der Waals surface area contributed by atoms with Gasteiger partial charge in [0.1, 0.15) is 5.75 Å². The fourth-order valence-corrected chi connectivity index (χ4v) is 1.86. The number of rotatable bonds is 5. The first-order valence-corrected chi connectivity index (χ1v) is 6.19. The highest BCUT2D eigenvalue weighted by Gasteiger charge is 2.04. The maximum absolute atomic E-state index is 11.8. The van der Waals surface area contributed by atoms with E-state index in [1.54, 1.807) is 7.11 Å². The van der Waals surface area contributed by atoms with Crippen LogP contribution in [0.2, 0.25) is 0 Å². The summed E-state index contributed by atoms with van der Waals surface area (Å²) in [5.74, 6) is 0.819. The van der Waals surface area contributed by atoms with E-state index < -0.39 is 0 Å². The molecule has 1 aromatic heterocycles. The molecule has 1 N–H and O–H groups in total. The van der Waals surface area contributed by atoms with Crippen LogP contribution in [0.5, 0.6) is 5.75 Å². The Morgan fingerprint density at radius 3 is 2.58 bits per heavy atom. The molecule has 0 aliphatic carbocycles. The highest BCUT2D eigenvalue weighted by molar-refractivity contribution is 5.78. The first-order chi connectivity index (χ1) is 9.19. The van der Waals surface area contributed by atoms with E-state index in [1.807, 2.05) is 54.2 Å². The van der Waals surface area contributed by atoms with Crippen molar-refractivity contribution in [2.24, 2.45) is 7.05 Å². The van der Waals surface area contributed by atoms with Crippen LogP contribution in [0.1, 0.15) is 11.3 Å². The third kappa shape index (κ3) is 3.61. The largest absolute Gasteiger partial charge is 0.497 e. The summed E-state index contributed by atoms with van der Waals surface area (Å²) < 4.78 is 7.07. The number of hydrogen-bond acceptors (Lipinski definition) is 2. The van der Waals surface area contributed by atoms with E-state index in [-0.39, 0.29) is 5.91 Å². The Bertz CT molecular complexity index is 544. The lowest BCUT2D eigenvalue weighted by Gasteiger charge is -2.07.